The van der Waals surface area contributed by atoms with Gasteiger partial charge in [0, 0.05) is 13.0 Å². The average molecular weight is 379 g/mol. The van der Waals surface area contributed by atoms with Crippen molar-refractivity contribution in [3.63, 3.8) is 0 Å². The number of aliphatic hydroxyl groups excluding tert-OH is 1. The highest BCUT2D eigenvalue weighted by Gasteiger charge is 2.21. The molecule has 0 aliphatic heterocycles. The van der Waals surface area contributed by atoms with Crippen LogP contribution in [0.4, 0.5) is 0 Å². The van der Waals surface area contributed by atoms with Gasteiger partial charge in [0.1, 0.15) is 0 Å². The molecule has 0 atom stereocenters. The van der Waals surface area contributed by atoms with Gasteiger partial charge < -0.3 is 5.11 Å². The fourth-order valence-corrected chi connectivity index (χ4v) is 3.57. The minimum absolute atomic E-state index is 0.0270. The van der Waals surface area contributed by atoms with Crippen molar-refractivity contribution in [1.29, 1.82) is 0 Å². The Bertz CT molecular complexity index is 406. The van der Waals surface area contributed by atoms with Crippen molar-refractivity contribution in [2.45, 2.75) is 103 Å². The van der Waals surface area contributed by atoms with Gasteiger partial charge in [-0.15, -0.1) is 0 Å². The van der Waals surface area contributed by atoms with Gasteiger partial charge >= 0.3 is 10.1 Å². The summed E-state index contributed by atoms with van der Waals surface area (Å²) in [5.41, 5.74) is 0. The molecule has 6 heteroatoms. The molecule has 0 saturated heterocycles. The molecule has 0 rings (SSSR count). The second kappa shape index (κ2) is 17.0. The molecule has 0 aliphatic rings. The second-order valence-corrected chi connectivity index (χ2v) is 8.32. The van der Waals surface area contributed by atoms with Crippen molar-refractivity contribution in [2.24, 2.45) is 0 Å². The maximum Gasteiger partial charge on any atom is 0.331 e. The highest BCUT2D eigenvalue weighted by Crippen LogP contribution is 2.13. The van der Waals surface area contributed by atoms with E-state index in [1.165, 1.54) is 57.8 Å². The number of hydrogen-bond donors (Lipinski definition) is 1. The van der Waals surface area contributed by atoms with E-state index in [4.69, 9.17) is 5.11 Å². The van der Waals surface area contributed by atoms with E-state index in [0.29, 0.717) is 6.42 Å². The SMILES string of the molecule is CCCCCCCCCCCCCCCC(=O)S(=O)(=O)OCCCO. The molecular formula is C19H38O5S. The van der Waals surface area contributed by atoms with Crippen LogP contribution in [0.3, 0.4) is 0 Å². The van der Waals surface area contributed by atoms with Gasteiger partial charge in [-0.05, 0) is 12.8 Å². The molecule has 0 unspecified atom stereocenters. The molecule has 0 aromatic carbocycles. The molecule has 0 saturated carbocycles. The zero-order chi connectivity index (χ0) is 18.8. The molecule has 0 aromatic heterocycles. The van der Waals surface area contributed by atoms with Gasteiger partial charge in [0.25, 0.3) is 5.12 Å². The highest BCUT2D eigenvalue weighted by molar-refractivity contribution is 8.02. The van der Waals surface area contributed by atoms with Gasteiger partial charge in [-0.25, -0.2) is 0 Å². The molecule has 0 radical (unpaired) electrons. The maximum absolute atomic E-state index is 11.6. The summed E-state index contributed by atoms with van der Waals surface area (Å²) >= 11 is 0. The first-order valence-electron chi connectivity index (χ1n) is 10.1. The summed E-state index contributed by atoms with van der Waals surface area (Å²) in [6, 6.07) is 0. The lowest BCUT2D eigenvalue weighted by Crippen LogP contribution is -2.18. The monoisotopic (exact) mass is 378 g/mol. The van der Waals surface area contributed by atoms with Crippen LogP contribution < -0.4 is 0 Å². The Morgan fingerprint density at radius 3 is 1.64 bits per heavy atom. The highest BCUT2D eigenvalue weighted by atomic mass is 32.2. The number of rotatable bonds is 18. The Kier molecular flexibility index (Phi) is 16.7. The third kappa shape index (κ3) is 15.5. The van der Waals surface area contributed by atoms with E-state index in [-0.39, 0.29) is 26.1 Å². The topological polar surface area (TPSA) is 80.7 Å². The first kappa shape index (κ1) is 24.5. The Morgan fingerprint density at radius 1 is 0.760 bits per heavy atom. The van der Waals surface area contributed by atoms with Crippen LogP contribution in [0.15, 0.2) is 0 Å². The summed E-state index contributed by atoms with van der Waals surface area (Å²) in [5.74, 6) is 0. The predicted octanol–water partition coefficient (Wildman–Crippen LogP) is 4.72. The number of carbonyl (C=O) groups is 1. The van der Waals surface area contributed by atoms with Gasteiger partial charge in [-0.1, -0.05) is 84.0 Å². The van der Waals surface area contributed by atoms with Crippen LogP contribution in [0.1, 0.15) is 103 Å². The lowest BCUT2D eigenvalue weighted by atomic mass is 10.0. The van der Waals surface area contributed by atoms with Gasteiger partial charge in [0.05, 0.1) is 6.61 Å². The fraction of sp³-hybridized carbons (Fsp3) is 0.947. The van der Waals surface area contributed by atoms with Gasteiger partial charge in [-0.2, -0.15) is 8.42 Å². The third-order valence-electron chi connectivity index (χ3n) is 4.30. The molecule has 0 heterocycles. The molecule has 0 amide bonds. The lowest BCUT2D eigenvalue weighted by molar-refractivity contribution is -0.112. The second-order valence-electron chi connectivity index (χ2n) is 6.72. The number of unbranched alkanes of at least 4 members (excludes halogenated alkanes) is 12. The normalized spacial score (nSPS) is 11.8. The number of aliphatic hydroxyl groups is 1. The fourth-order valence-electron chi connectivity index (χ4n) is 2.71. The summed E-state index contributed by atoms with van der Waals surface area (Å²) in [6.07, 6.45) is 15.8. The van der Waals surface area contributed by atoms with Crippen molar-refractivity contribution in [3.8, 4) is 0 Å². The van der Waals surface area contributed by atoms with E-state index in [2.05, 4.69) is 11.1 Å². The molecule has 25 heavy (non-hydrogen) atoms. The smallest absolute Gasteiger partial charge is 0.331 e. The molecular weight excluding hydrogens is 340 g/mol. The van der Waals surface area contributed by atoms with E-state index in [1.807, 2.05) is 0 Å². The molecule has 0 bridgehead atoms. The van der Waals surface area contributed by atoms with Crippen molar-refractivity contribution in [3.05, 3.63) is 0 Å². The standard InChI is InChI=1S/C19H38O5S/c1-2-3-4-5-6-7-8-9-10-11-12-13-14-16-19(21)25(22,23)24-18-15-17-20/h20H,2-18H2,1H3. The van der Waals surface area contributed by atoms with Crippen LogP contribution in [0, 0.1) is 0 Å². The van der Waals surface area contributed by atoms with Gasteiger partial charge in [-0.3, -0.25) is 8.98 Å². The van der Waals surface area contributed by atoms with Crippen LogP contribution >= 0.6 is 0 Å². The lowest BCUT2D eigenvalue weighted by Gasteiger charge is -2.04. The first-order chi connectivity index (χ1) is 12.0. The maximum atomic E-state index is 11.6. The molecule has 5 nitrogen and oxygen atoms in total. The summed E-state index contributed by atoms with van der Waals surface area (Å²) in [7, 11) is -4.10. The third-order valence-corrected chi connectivity index (χ3v) is 5.54. The summed E-state index contributed by atoms with van der Waals surface area (Å²) in [6.45, 7) is 1.95. The summed E-state index contributed by atoms with van der Waals surface area (Å²) in [5, 5.41) is 7.74. The van der Waals surface area contributed by atoms with E-state index in [9.17, 15) is 13.2 Å². The Labute approximate surface area is 154 Å². The minimum Gasteiger partial charge on any atom is -0.396 e. The van der Waals surface area contributed by atoms with Crippen molar-refractivity contribution in [1.82, 2.24) is 0 Å². The molecule has 0 aromatic rings. The number of carbonyl (C=O) groups excluding carboxylic acids is 1. The molecule has 0 aliphatic carbocycles. The van der Waals surface area contributed by atoms with Gasteiger partial charge in [0.2, 0.25) is 0 Å². The molecule has 1 N–H and O–H groups in total. The van der Waals surface area contributed by atoms with E-state index in [1.54, 1.807) is 0 Å². The van der Waals surface area contributed by atoms with Crippen molar-refractivity contribution < 1.29 is 22.5 Å². The Balaban J connectivity index is 3.41. The van der Waals surface area contributed by atoms with E-state index in [0.717, 1.165) is 19.3 Å². The van der Waals surface area contributed by atoms with Crippen LogP contribution in [-0.2, 0) is 19.1 Å². The average Bonchev–Trinajstić information content (AvgIpc) is 2.59. The van der Waals surface area contributed by atoms with Crippen LogP contribution in [0.2, 0.25) is 0 Å². The predicted molar refractivity (Wildman–Crippen MR) is 102 cm³/mol. The van der Waals surface area contributed by atoms with E-state index >= 15 is 0 Å². The zero-order valence-corrected chi connectivity index (χ0v) is 16.8. The van der Waals surface area contributed by atoms with Gasteiger partial charge in [0.15, 0.2) is 0 Å². The Morgan fingerprint density at radius 2 is 1.20 bits per heavy atom. The summed E-state index contributed by atoms with van der Waals surface area (Å²) < 4.78 is 27.6. The minimum atomic E-state index is -4.10. The largest absolute Gasteiger partial charge is 0.396 e. The molecule has 0 fully saturated rings. The first-order valence-corrected chi connectivity index (χ1v) is 11.5. The zero-order valence-electron chi connectivity index (χ0n) is 16.0. The van der Waals surface area contributed by atoms with Crippen LogP contribution in [0.25, 0.3) is 0 Å². The van der Waals surface area contributed by atoms with Crippen molar-refractivity contribution >= 4 is 15.2 Å². The Hall–Kier alpha value is -0.460. The van der Waals surface area contributed by atoms with E-state index < -0.39 is 15.2 Å². The molecule has 0 spiro atoms. The van der Waals surface area contributed by atoms with Crippen molar-refractivity contribution in [2.75, 3.05) is 13.2 Å². The van der Waals surface area contributed by atoms with Crippen LogP contribution in [-0.4, -0.2) is 31.9 Å². The molecule has 150 valence electrons. The van der Waals surface area contributed by atoms with Crippen LogP contribution in [0.5, 0.6) is 0 Å². The number of hydrogen-bond acceptors (Lipinski definition) is 5. The quantitative estimate of drug-likeness (QED) is 0.276. The summed E-state index contributed by atoms with van der Waals surface area (Å²) in [4.78, 5) is 11.6.